The van der Waals surface area contributed by atoms with Crippen molar-refractivity contribution >= 4 is 23.4 Å². The van der Waals surface area contributed by atoms with Crippen LogP contribution in [0.25, 0.3) is 0 Å². The zero-order chi connectivity index (χ0) is 19.8. The second kappa shape index (κ2) is 10.5. The molecule has 1 atom stereocenters. The third kappa shape index (κ3) is 7.01. The second-order valence-electron chi connectivity index (χ2n) is 6.96. The Hall–Kier alpha value is -1.83. The molecule has 0 saturated carbocycles. The molecule has 3 N–H and O–H groups in total. The lowest BCUT2D eigenvalue weighted by Crippen LogP contribution is -2.45. The largest absolute Gasteiger partial charge is 0.497 e. The summed E-state index contributed by atoms with van der Waals surface area (Å²) >= 11 is 6.01. The van der Waals surface area contributed by atoms with Crippen LogP contribution >= 0.6 is 11.6 Å². The average molecular weight is 398 g/mol. The van der Waals surface area contributed by atoms with Crippen LogP contribution in [0.1, 0.15) is 30.1 Å². The van der Waals surface area contributed by atoms with Crippen LogP contribution < -0.4 is 15.4 Å². The first-order valence-electron chi connectivity index (χ1n) is 9.16. The van der Waals surface area contributed by atoms with Crippen LogP contribution in [-0.4, -0.2) is 67.8 Å². The van der Waals surface area contributed by atoms with E-state index in [1.165, 1.54) is 7.11 Å². The van der Waals surface area contributed by atoms with E-state index in [4.69, 9.17) is 21.4 Å². The summed E-state index contributed by atoms with van der Waals surface area (Å²) in [4.78, 5) is 26.3. The van der Waals surface area contributed by atoms with E-state index in [0.717, 1.165) is 25.9 Å². The van der Waals surface area contributed by atoms with Crippen LogP contribution in [0.2, 0.25) is 5.02 Å². The third-order valence-corrected chi connectivity index (χ3v) is 4.89. The topological polar surface area (TPSA) is 90.9 Å². The highest BCUT2D eigenvalue weighted by Crippen LogP contribution is 2.21. The van der Waals surface area contributed by atoms with Crippen molar-refractivity contribution in [2.24, 2.45) is 5.92 Å². The fourth-order valence-corrected chi connectivity index (χ4v) is 3.29. The zero-order valence-corrected chi connectivity index (χ0v) is 16.6. The number of carbonyl (C=O) groups excluding carboxylic acids is 2. The van der Waals surface area contributed by atoms with E-state index in [0.29, 0.717) is 35.3 Å². The number of piperidine rings is 1. The minimum absolute atomic E-state index is 0.0635. The number of hydrogen-bond acceptors (Lipinski definition) is 5. The Balaban J connectivity index is 1.74. The summed E-state index contributed by atoms with van der Waals surface area (Å²) in [6.07, 6.45) is 1.84. The molecule has 0 spiro atoms. The summed E-state index contributed by atoms with van der Waals surface area (Å²) in [5.41, 5.74) is 0.478. The Morgan fingerprint density at radius 2 is 2.04 bits per heavy atom. The highest BCUT2D eigenvalue weighted by atomic mass is 35.5. The third-order valence-electron chi connectivity index (χ3n) is 4.68. The molecule has 0 bridgehead atoms. The number of carbonyl (C=O) groups is 2. The Morgan fingerprint density at radius 3 is 2.67 bits per heavy atom. The van der Waals surface area contributed by atoms with Gasteiger partial charge in [0.1, 0.15) is 5.75 Å². The number of likely N-dealkylation sites (tertiary alicyclic amines) is 1. The van der Waals surface area contributed by atoms with Gasteiger partial charge in [-0.1, -0.05) is 11.6 Å². The summed E-state index contributed by atoms with van der Waals surface area (Å²) in [7, 11) is 1.53. The molecule has 1 heterocycles. The molecule has 2 rings (SSSR count). The highest BCUT2D eigenvalue weighted by molar-refractivity contribution is 6.31. The number of nitrogens with one attached hydrogen (secondary N) is 2. The van der Waals surface area contributed by atoms with Gasteiger partial charge in [-0.05, 0) is 57.0 Å². The van der Waals surface area contributed by atoms with Crippen LogP contribution in [0.3, 0.4) is 0 Å². The standard InChI is InChI=1S/C19H28ClN3O4/c1-13(12-24)22-18(25)11-23-5-3-14(4-6-23)10-21-19(26)15-7-16(20)9-17(8-15)27-2/h7-9,13-14,24H,3-6,10-12H2,1-2H3,(H,21,26)(H,22,25)/t13-/m1/s1. The number of aliphatic hydroxyl groups excluding tert-OH is 1. The van der Waals surface area contributed by atoms with Crippen LogP contribution in [-0.2, 0) is 4.79 Å². The summed E-state index contributed by atoms with van der Waals surface area (Å²) in [6, 6.07) is 4.71. The number of hydrogen-bond donors (Lipinski definition) is 3. The van der Waals surface area contributed by atoms with Gasteiger partial charge in [0.15, 0.2) is 0 Å². The number of ether oxygens (including phenoxy) is 1. The van der Waals surface area contributed by atoms with Crippen LogP contribution in [0.4, 0.5) is 0 Å². The number of aliphatic hydroxyl groups is 1. The summed E-state index contributed by atoms with van der Waals surface area (Å²) in [5.74, 6) is 0.689. The van der Waals surface area contributed by atoms with Crippen molar-refractivity contribution in [1.29, 1.82) is 0 Å². The molecule has 2 amide bonds. The predicted octanol–water partition coefficient (Wildman–Crippen LogP) is 1.29. The minimum Gasteiger partial charge on any atom is -0.497 e. The predicted molar refractivity (Wildman–Crippen MR) is 104 cm³/mol. The SMILES string of the molecule is COc1cc(Cl)cc(C(=O)NCC2CCN(CC(=O)N[C@H](C)CO)CC2)c1. The molecule has 27 heavy (non-hydrogen) atoms. The lowest BCUT2D eigenvalue weighted by atomic mass is 9.96. The van der Waals surface area contributed by atoms with Crippen molar-refractivity contribution < 1.29 is 19.4 Å². The van der Waals surface area contributed by atoms with E-state index >= 15 is 0 Å². The van der Waals surface area contributed by atoms with Gasteiger partial charge in [0.05, 0.1) is 20.3 Å². The van der Waals surface area contributed by atoms with Crippen LogP contribution in [0.5, 0.6) is 5.75 Å². The number of rotatable bonds is 8. The van der Waals surface area contributed by atoms with E-state index < -0.39 is 0 Å². The minimum atomic E-state index is -0.227. The van der Waals surface area contributed by atoms with Gasteiger partial charge in [0, 0.05) is 23.2 Å². The number of halogens is 1. The van der Waals surface area contributed by atoms with Gasteiger partial charge in [-0.2, -0.15) is 0 Å². The number of methoxy groups -OCH3 is 1. The number of amides is 2. The molecular weight excluding hydrogens is 370 g/mol. The maximum Gasteiger partial charge on any atom is 0.251 e. The molecule has 7 nitrogen and oxygen atoms in total. The molecule has 1 aromatic rings. The van der Waals surface area contributed by atoms with Crippen molar-refractivity contribution in [3.63, 3.8) is 0 Å². The van der Waals surface area contributed by atoms with Crippen molar-refractivity contribution in [3.05, 3.63) is 28.8 Å². The molecule has 0 radical (unpaired) electrons. The monoisotopic (exact) mass is 397 g/mol. The van der Waals surface area contributed by atoms with Gasteiger partial charge >= 0.3 is 0 Å². The van der Waals surface area contributed by atoms with Crippen LogP contribution in [0.15, 0.2) is 18.2 Å². The van der Waals surface area contributed by atoms with E-state index in [1.807, 2.05) is 0 Å². The normalized spacial score (nSPS) is 16.6. The van der Waals surface area contributed by atoms with Gasteiger partial charge in [0.25, 0.3) is 5.91 Å². The van der Waals surface area contributed by atoms with Crippen molar-refractivity contribution in [3.8, 4) is 5.75 Å². The molecule has 0 aromatic heterocycles. The molecule has 0 unspecified atom stereocenters. The molecule has 8 heteroatoms. The molecule has 1 saturated heterocycles. The summed E-state index contributed by atoms with van der Waals surface area (Å²) in [5, 5.41) is 15.1. The van der Waals surface area contributed by atoms with Gasteiger partial charge in [-0.3, -0.25) is 14.5 Å². The van der Waals surface area contributed by atoms with E-state index in [9.17, 15) is 9.59 Å². The molecule has 1 fully saturated rings. The Morgan fingerprint density at radius 1 is 1.33 bits per heavy atom. The summed E-state index contributed by atoms with van der Waals surface area (Å²) in [6.45, 7) is 4.26. The van der Waals surface area contributed by atoms with Gasteiger partial charge in [-0.15, -0.1) is 0 Å². The fourth-order valence-electron chi connectivity index (χ4n) is 3.07. The van der Waals surface area contributed by atoms with E-state index in [2.05, 4.69) is 15.5 Å². The van der Waals surface area contributed by atoms with Gasteiger partial charge in [0.2, 0.25) is 5.91 Å². The Kier molecular flexibility index (Phi) is 8.34. The first-order valence-corrected chi connectivity index (χ1v) is 9.54. The van der Waals surface area contributed by atoms with E-state index in [-0.39, 0.29) is 24.5 Å². The first-order chi connectivity index (χ1) is 12.9. The Labute approximate surface area is 165 Å². The zero-order valence-electron chi connectivity index (χ0n) is 15.8. The lowest BCUT2D eigenvalue weighted by Gasteiger charge is -2.31. The average Bonchev–Trinajstić information content (AvgIpc) is 2.66. The second-order valence-corrected chi connectivity index (χ2v) is 7.40. The van der Waals surface area contributed by atoms with Gasteiger partial charge < -0.3 is 20.5 Å². The van der Waals surface area contributed by atoms with Crippen molar-refractivity contribution in [2.45, 2.75) is 25.8 Å². The number of nitrogens with zero attached hydrogens (tertiary/aromatic N) is 1. The van der Waals surface area contributed by atoms with Crippen LogP contribution in [0, 0.1) is 5.92 Å². The molecule has 1 aromatic carbocycles. The quantitative estimate of drug-likeness (QED) is 0.615. The smallest absolute Gasteiger partial charge is 0.251 e. The number of benzene rings is 1. The molecule has 150 valence electrons. The maximum absolute atomic E-state index is 12.3. The van der Waals surface area contributed by atoms with Gasteiger partial charge in [-0.25, -0.2) is 0 Å². The molecular formula is C19H28ClN3O4. The van der Waals surface area contributed by atoms with Crippen molar-refractivity contribution in [2.75, 3.05) is 39.9 Å². The van der Waals surface area contributed by atoms with Crippen molar-refractivity contribution in [1.82, 2.24) is 15.5 Å². The lowest BCUT2D eigenvalue weighted by molar-refractivity contribution is -0.123. The Bertz CT molecular complexity index is 648. The highest BCUT2D eigenvalue weighted by Gasteiger charge is 2.22. The molecule has 1 aliphatic heterocycles. The molecule has 1 aliphatic rings. The molecule has 0 aliphatic carbocycles. The summed E-state index contributed by atoms with van der Waals surface area (Å²) < 4.78 is 5.14. The maximum atomic E-state index is 12.3. The van der Waals surface area contributed by atoms with E-state index in [1.54, 1.807) is 25.1 Å². The fraction of sp³-hybridized carbons (Fsp3) is 0.579. The first kappa shape index (κ1) is 21.5.